The van der Waals surface area contributed by atoms with Gasteiger partial charge in [0.05, 0.1) is 0 Å². The fraction of sp³-hybridized carbons (Fsp3) is 0.500. The quantitative estimate of drug-likeness (QED) is 0.841. The Morgan fingerprint density at radius 2 is 1.66 bits per heavy atom. The smallest absolute Gasteiger partial charge is 0.274 e. The molecule has 1 aromatic heterocycles. The fourth-order valence-corrected chi connectivity index (χ4v) is 4.04. The second-order valence-electron chi connectivity index (χ2n) is 7.73. The molecule has 0 saturated carbocycles. The maximum absolute atomic E-state index is 12.7. The summed E-state index contributed by atoms with van der Waals surface area (Å²) in [6, 6.07) is 9.89. The van der Waals surface area contributed by atoms with Crippen LogP contribution < -0.4 is 15.1 Å². The number of piperidine rings is 1. The molecule has 7 heteroatoms. The molecule has 2 fully saturated rings. The molecule has 154 valence electrons. The molecule has 1 N–H and O–H groups in total. The Bertz CT molecular complexity index is 810. The van der Waals surface area contributed by atoms with Crippen LogP contribution in [0, 0.1) is 0 Å². The molecule has 1 amide bonds. The molecule has 2 aromatic rings. The number of aromatic nitrogens is 2. The van der Waals surface area contributed by atoms with Crippen molar-refractivity contribution in [1.82, 2.24) is 14.9 Å². The topological polar surface area (TPSA) is 64.6 Å². The molecule has 0 atom stereocenters. The van der Waals surface area contributed by atoms with Crippen molar-refractivity contribution in [3.63, 3.8) is 0 Å². The van der Waals surface area contributed by atoms with Crippen LogP contribution in [0.4, 0.5) is 17.2 Å². The highest BCUT2D eigenvalue weighted by molar-refractivity contribution is 6.03. The molecule has 3 heterocycles. The number of amides is 1. The van der Waals surface area contributed by atoms with Gasteiger partial charge in [0.1, 0.15) is 17.8 Å². The monoisotopic (exact) mass is 394 g/mol. The summed E-state index contributed by atoms with van der Waals surface area (Å²) in [6.45, 7) is 9.36. The number of piperazine rings is 1. The van der Waals surface area contributed by atoms with Crippen LogP contribution in [-0.2, 0) is 0 Å². The van der Waals surface area contributed by atoms with Crippen LogP contribution in [0.3, 0.4) is 0 Å². The third-order valence-corrected chi connectivity index (χ3v) is 5.88. The zero-order chi connectivity index (χ0) is 20.1. The lowest BCUT2D eigenvalue weighted by molar-refractivity contribution is 0.102. The highest BCUT2D eigenvalue weighted by Crippen LogP contribution is 2.22. The third kappa shape index (κ3) is 4.85. The molecule has 7 nitrogen and oxygen atoms in total. The van der Waals surface area contributed by atoms with E-state index in [0.29, 0.717) is 5.69 Å². The van der Waals surface area contributed by atoms with Crippen molar-refractivity contribution in [3.8, 4) is 0 Å². The molecular formula is C22H30N6O. The van der Waals surface area contributed by atoms with Gasteiger partial charge in [0.25, 0.3) is 5.91 Å². The van der Waals surface area contributed by atoms with E-state index in [-0.39, 0.29) is 5.91 Å². The minimum Gasteiger partial charge on any atom is -0.372 e. The molecule has 1 aromatic carbocycles. The minimum atomic E-state index is -0.202. The van der Waals surface area contributed by atoms with E-state index < -0.39 is 0 Å². The highest BCUT2D eigenvalue weighted by atomic mass is 16.1. The van der Waals surface area contributed by atoms with Gasteiger partial charge in [-0.3, -0.25) is 4.79 Å². The Hall–Kier alpha value is -2.67. The van der Waals surface area contributed by atoms with Crippen molar-refractivity contribution in [3.05, 3.63) is 42.4 Å². The number of hydrogen-bond donors (Lipinski definition) is 1. The van der Waals surface area contributed by atoms with Crippen LogP contribution >= 0.6 is 0 Å². The molecule has 29 heavy (non-hydrogen) atoms. The molecule has 4 rings (SSSR count). The Morgan fingerprint density at radius 1 is 0.931 bits per heavy atom. The Morgan fingerprint density at radius 3 is 2.34 bits per heavy atom. The number of hydrogen-bond acceptors (Lipinski definition) is 6. The second kappa shape index (κ2) is 9.22. The van der Waals surface area contributed by atoms with Crippen molar-refractivity contribution in [2.24, 2.45) is 0 Å². The van der Waals surface area contributed by atoms with Crippen LogP contribution in [0.15, 0.2) is 36.7 Å². The summed E-state index contributed by atoms with van der Waals surface area (Å²) in [5.74, 6) is 0.618. The van der Waals surface area contributed by atoms with Gasteiger partial charge >= 0.3 is 0 Å². The van der Waals surface area contributed by atoms with Gasteiger partial charge in [-0.1, -0.05) is 6.92 Å². The number of nitrogens with one attached hydrogen (secondary N) is 1. The third-order valence-electron chi connectivity index (χ3n) is 5.88. The number of carbonyl (C=O) groups excluding carboxylic acids is 1. The summed E-state index contributed by atoms with van der Waals surface area (Å²) in [7, 11) is 0. The molecular weight excluding hydrogens is 364 g/mol. The van der Waals surface area contributed by atoms with Crippen molar-refractivity contribution in [1.29, 1.82) is 0 Å². The van der Waals surface area contributed by atoms with Crippen molar-refractivity contribution in [2.45, 2.75) is 26.2 Å². The van der Waals surface area contributed by atoms with E-state index in [1.54, 1.807) is 6.07 Å². The summed E-state index contributed by atoms with van der Waals surface area (Å²) in [6.07, 6.45) is 5.31. The van der Waals surface area contributed by atoms with E-state index in [4.69, 9.17) is 0 Å². The Labute approximate surface area is 172 Å². The first-order valence-corrected chi connectivity index (χ1v) is 10.7. The van der Waals surface area contributed by atoms with Crippen molar-refractivity contribution >= 4 is 23.1 Å². The molecule has 0 spiro atoms. The first-order valence-electron chi connectivity index (χ1n) is 10.7. The van der Waals surface area contributed by atoms with Gasteiger partial charge in [0, 0.05) is 56.7 Å². The van der Waals surface area contributed by atoms with Crippen LogP contribution in [0.2, 0.25) is 0 Å². The summed E-state index contributed by atoms with van der Waals surface area (Å²) in [4.78, 5) is 28.3. The summed E-state index contributed by atoms with van der Waals surface area (Å²) in [5.41, 5.74) is 2.40. The lowest BCUT2D eigenvalue weighted by Gasteiger charge is -2.34. The number of nitrogens with zero attached hydrogens (tertiary/aromatic N) is 5. The SMILES string of the molecule is CCN1CCN(c2cc(C(=O)Nc3ccc(N4CCCCC4)cc3)ncn2)CC1. The molecule has 0 aliphatic carbocycles. The molecule has 2 aliphatic rings. The predicted molar refractivity (Wildman–Crippen MR) is 117 cm³/mol. The van der Waals surface area contributed by atoms with E-state index in [0.717, 1.165) is 57.3 Å². The van der Waals surface area contributed by atoms with E-state index in [1.165, 1.54) is 31.3 Å². The molecule has 0 radical (unpaired) electrons. The predicted octanol–water partition coefficient (Wildman–Crippen LogP) is 2.86. The molecule has 2 aliphatic heterocycles. The maximum atomic E-state index is 12.7. The highest BCUT2D eigenvalue weighted by Gasteiger charge is 2.18. The Kier molecular flexibility index (Phi) is 6.24. The number of anilines is 3. The van der Waals surface area contributed by atoms with Gasteiger partial charge < -0.3 is 20.0 Å². The second-order valence-corrected chi connectivity index (χ2v) is 7.73. The number of rotatable bonds is 5. The van der Waals surface area contributed by atoms with E-state index in [2.05, 4.69) is 49.0 Å². The molecule has 0 bridgehead atoms. The zero-order valence-corrected chi connectivity index (χ0v) is 17.2. The van der Waals surface area contributed by atoms with E-state index >= 15 is 0 Å². The maximum Gasteiger partial charge on any atom is 0.274 e. The standard InChI is InChI=1S/C22H30N6O/c1-2-26-12-14-28(15-13-26)21-16-20(23-17-24-21)22(29)25-18-6-8-19(9-7-18)27-10-4-3-5-11-27/h6-9,16-17H,2-5,10-15H2,1H3,(H,25,29). The van der Waals surface area contributed by atoms with Crippen LogP contribution in [0.1, 0.15) is 36.7 Å². The van der Waals surface area contributed by atoms with Gasteiger partial charge in [0.15, 0.2) is 0 Å². The number of likely N-dealkylation sites (N-methyl/N-ethyl adjacent to an activating group) is 1. The average Bonchev–Trinajstić information content (AvgIpc) is 2.80. The van der Waals surface area contributed by atoms with Gasteiger partial charge in [-0.25, -0.2) is 9.97 Å². The summed E-state index contributed by atoms with van der Waals surface area (Å²) < 4.78 is 0. The first kappa shape index (κ1) is 19.6. The van der Waals surface area contributed by atoms with Gasteiger partial charge in [-0.05, 0) is 50.1 Å². The largest absolute Gasteiger partial charge is 0.372 e. The molecule has 2 saturated heterocycles. The normalized spacial score (nSPS) is 18.0. The van der Waals surface area contributed by atoms with Crippen molar-refractivity contribution in [2.75, 3.05) is 60.9 Å². The zero-order valence-electron chi connectivity index (χ0n) is 17.2. The van der Waals surface area contributed by atoms with Gasteiger partial charge in [0.2, 0.25) is 0 Å². The number of carbonyl (C=O) groups is 1. The van der Waals surface area contributed by atoms with Crippen LogP contribution in [0.5, 0.6) is 0 Å². The van der Waals surface area contributed by atoms with Crippen molar-refractivity contribution < 1.29 is 4.79 Å². The van der Waals surface area contributed by atoms with E-state index in [1.807, 2.05) is 12.1 Å². The Balaban J connectivity index is 1.38. The number of benzene rings is 1. The summed E-state index contributed by atoms with van der Waals surface area (Å²) in [5, 5.41) is 2.96. The minimum absolute atomic E-state index is 0.202. The lowest BCUT2D eigenvalue weighted by atomic mass is 10.1. The summed E-state index contributed by atoms with van der Waals surface area (Å²) >= 11 is 0. The average molecular weight is 395 g/mol. The van der Waals surface area contributed by atoms with E-state index in [9.17, 15) is 4.79 Å². The van der Waals surface area contributed by atoms with Crippen LogP contribution in [-0.4, -0.2) is 66.6 Å². The van der Waals surface area contributed by atoms with Gasteiger partial charge in [-0.2, -0.15) is 0 Å². The van der Waals surface area contributed by atoms with Gasteiger partial charge in [-0.15, -0.1) is 0 Å². The first-order chi connectivity index (χ1) is 14.2. The van der Waals surface area contributed by atoms with Crippen LogP contribution in [0.25, 0.3) is 0 Å². The lowest BCUT2D eigenvalue weighted by Crippen LogP contribution is -2.46. The molecule has 0 unspecified atom stereocenters. The fourth-order valence-electron chi connectivity index (χ4n) is 4.04.